The highest BCUT2D eigenvalue weighted by Crippen LogP contribution is 2.42. The molecule has 2 aliphatic rings. The van der Waals surface area contributed by atoms with Gasteiger partial charge in [0.1, 0.15) is 11.5 Å². The minimum atomic E-state index is -0.759. The number of fused-ring (bicyclic) bond motifs is 1. The van der Waals surface area contributed by atoms with Crippen LogP contribution in [0.5, 0.6) is 11.5 Å². The molecule has 0 amide bonds. The summed E-state index contributed by atoms with van der Waals surface area (Å²) in [5.41, 5.74) is 4.13. The fourth-order valence-corrected chi connectivity index (χ4v) is 4.51. The van der Waals surface area contributed by atoms with Crippen molar-refractivity contribution in [1.82, 2.24) is 10.2 Å². The third kappa shape index (κ3) is 3.28. The van der Waals surface area contributed by atoms with Gasteiger partial charge in [-0.2, -0.15) is 0 Å². The smallest absolute Gasteiger partial charge is 0.124 e. The van der Waals surface area contributed by atoms with Crippen molar-refractivity contribution < 1.29 is 15.3 Å². The van der Waals surface area contributed by atoms with Gasteiger partial charge in [-0.05, 0) is 54.1 Å². The van der Waals surface area contributed by atoms with E-state index in [9.17, 15) is 15.3 Å². The van der Waals surface area contributed by atoms with Crippen LogP contribution >= 0.6 is 0 Å². The van der Waals surface area contributed by atoms with Gasteiger partial charge >= 0.3 is 0 Å². The monoisotopic (exact) mass is 382 g/mol. The first kappa shape index (κ1) is 19.2. The molecule has 5 nitrogen and oxygen atoms in total. The van der Waals surface area contributed by atoms with Gasteiger partial charge in [0, 0.05) is 31.3 Å². The number of benzene rings is 2. The number of likely N-dealkylation sites (tertiary alicyclic amines) is 1. The standard InChI is InChI=1S/C23H30N2O3/c1-14(2)18-11-19(21(27)12-20(18)26)22-17-5-4-16(10-15(17)13-24-22)23(28)6-8-25(3)9-7-23/h4-5,10-12,14,22,24,26-28H,6-9,13H2,1-3H3. The molecule has 28 heavy (non-hydrogen) atoms. The van der Waals surface area contributed by atoms with Gasteiger partial charge in [-0.15, -0.1) is 0 Å². The summed E-state index contributed by atoms with van der Waals surface area (Å²) in [5, 5.41) is 35.2. The van der Waals surface area contributed by atoms with Crippen LogP contribution in [-0.4, -0.2) is 40.4 Å². The lowest BCUT2D eigenvalue weighted by molar-refractivity contribution is -0.0203. The molecule has 2 heterocycles. The summed E-state index contributed by atoms with van der Waals surface area (Å²) < 4.78 is 0. The summed E-state index contributed by atoms with van der Waals surface area (Å²) in [6, 6.07) is 9.46. The number of phenols is 2. The van der Waals surface area contributed by atoms with E-state index in [2.05, 4.69) is 29.4 Å². The van der Waals surface area contributed by atoms with Crippen LogP contribution in [0.25, 0.3) is 0 Å². The van der Waals surface area contributed by atoms with E-state index in [-0.39, 0.29) is 23.5 Å². The molecule has 0 bridgehead atoms. The van der Waals surface area contributed by atoms with Crippen LogP contribution in [0.3, 0.4) is 0 Å². The van der Waals surface area contributed by atoms with E-state index in [0.717, 1.165) is 53.7 Å². The van der Waals surface area contributed by atoms with E-state index in [1.54, 1.807) is 0 Å². The van der Waals surface area contributed by atoms with E-state index < -0.39 is 5.60 Å². The molecule has 2 aromatic rings. The molecule has 1 unspecified atom stereocenters. The number of nitrogens with one attached hydrogen (secondary N) is 1. The molecule has 0 spiro atoms. The first-order valence-corrected chi connectivity index (χ1v) is 10.1. The first-order valence-electron chi connectivity index (χ1n) is 10.1. The minimum absolute atomic E-state index is 0.102. The molecule has 1 atom stereocenters. The number of aliphatic hydroxyl groups is 1. The fraction of sp³-hybridized carbons (Fsp3) is 0.478. The summed E-state index contributed by atoms with van der Waals surface area (Å²) in [6.07, 6.45) is 1.49. The summed E-state index contributed by atoms with van der Waals surface area (Å²) in [4.78, 5) is 2.25. The number of nitrogens with zero attached hydrogens (tertiary/aromatic N) is 1. The molecule has 4 rings (SSSR count). The van der Waals surface area contributed by atoms with Gasteiger partial charge in [0.05, 0.1) is 11.6 Å². The first-order chi connectivity index (χ1) is 13.3. The fourth-order valence-electron chi connectivity index (χ4n) is 4.51. The normalized spacial score (nSPS) is 21.8. The lowest BCUT2D eigenvalue weighted by Gasteiger charge is -2.37. The van der Waals surface area contributed by atoms with Gasteiger partial charge in [0.2, 0.25) is 0 Å². The molecule has 0 radical (unpaired) electrons. The number of aromatic hydroxyl groups is 2. The van der Waals surface area contributed by atoms with Crippen molar-refractivity contribution >= 4 is 0 Å². The molecule has 2 aliphatic heterocycles. The van der Waals surface area contributed by atoms with Crippen molar-refractivity contribution in [1.29, 1.82) is 0 Å². The number of rotatable bonds is 3. The van der Waals surface area contributed by atoms with Crippen molar-refractivity contribution in [2.45, 2.75) is 50.8 Å². The van der Waals surface area contributed by atoms with Gasteiger partial charge in [0.15, 0.2) is 0 Å². The Bertz CT molecular complexity index is 886. The maximum Gasteiger partial charge on any atom is 0.124 e. The van der Waals surface area contributed by atoms with Gasteiger partial charge in [-0.25, -0.2) is 0 Å². The second-order valence-corrected chi connectivity index (χ2v) is 8.69. The maximum atomic E-state index is 11.1. The zero-order valence-corrected chi connectivity index (χ0v) is 16.9. The minimum Gasteiger partial charge on any atom is -0.508 e. The SMILES string of the molecule is CC(C)c1cc(C2NCc3cc(C4(O)CCN(C)CC4)ccc32)c(O)cc1O. The van der Waals surface area contributed by atoms with Crippen molar-refractivity contribution in [3.63, 3.8) is 0 Å². The lowest BCUT2D eigenvalue weighted by atomic mass is 9.83. The second-order valence-electron chi connectivity index (χ2n) is 8.69. The van der Waals surface area contributed by atoms with Crippen LogP contribution in [-0.2, 0) is 12.1 Å². The van der Waals surface area contributed by atoms with Crippen LogP contribution in [0, 0.1) is 0 Å². The summed E-state index contributed by atoms with van der Waals surface area (Å²) in [7, 11) is 2.09. The van der Waals surface area contributed by atoms with E-state index in [0.29, 0.717) is 6.54 Å². The summed E-state index contributed by atoms with van der Waals surface area (Å²) in [5.74, 6) is 0.404. The predicted octanol–water partition coefficient (Wildman–Crippen LogP) is 3.33. The van der Waals surface area contributed by atoms with Crippen LogP contribution in [0.15, 0.2) is 30.3 Å². The Kier molecular flexibility index (Phi) is 4.86. The molecular formula is C23H30N2O3. The summed E-state index contributed by atoms with van der Waals surface area (Å²) >= 11 is 0. The quantitative estimate of drug-likeness (QED) is 0.655. The Labute approximate surface area is 166 Å². The predicted molar refractivity (Wildman–Crippen MR) is 110 cm³/mol. The molecular weight excluding hydrogens is 352 g/mol. The Hall–Kier alpha value is -2.08. The molecule has 1 saturated heterocycles. The Morgan fingerprint density at radius 2 is 1.75 bits per heavy atom. The van der Waals surface area contributed by atoms with E-state index in [1.807, 2.05) is 26.0 Å². The lowest BCUT2D eigenvalue weighted by Crippen LogP contribution is -2.40. The Morgan fingerprint density at radius 1 is 1.04 bits per heavy atom. The Balaban J connectivity index is 1.67. The topological polar surface area (TPSA) is 76.0 Å². The molecule has 0 saturated carbocycles. The van der Waals surface area contributed by atoms with Gasteiger partial charge in [-0.1, -0.05) is 32.0 Å². The Morgan fingerprint density at radius 3 is 2.43 bits per heavy atom. The van der Waals surface area contributed by atoms with Crippen LogP contribution in [0.2, 0.25) is 0 Å². The third-order valence-corrected chi connectivity index (χ3v) is 6.41. The van der Waals surface area contributed by atoms with Gasteiger partial charge < -0.3 is 25.5 Å². The molecule has 1 fully saturated rings. The van der Waals surface area contributed by atoms with Gasteiger partial charge in [0.25, 0.3) is 0 Å². The van der Waals surface area contributed by atoms with Crippen molar-refractivity contribution in [2.75, 3.05) is 20.1 Å². The summed E-state index contributed by atoms with van der Waals surface area (Å²) in [6.45, 7) is 6.55. The molecule has 0 aliphatic carbocycles. The number of hydrogen-bond donors (Lipinski definition) is 4. The second kappa shape index (κ2) is 7.07. The molecule has 2 aromatic carbocycles. The zero-order chi connectivity index (χ0) is 20.1. The number of hydrogen-bond acceptors (Lipinski definition) is 5. The molecule has 4 N–H and O–H groups in total. The van der Waals surface area contributed by atoms with Crippen LogP contribution < -0.4 is 5.32 Å². The van der Waals surface area contributed by atoms with E-state index >= 15 is 0 Å². The molecule has 150 valence electrons. The highest BCUT2D eigenvalue weighted by atomic mass is 16.3. The van der Waals surface area contributed by atoms with E-state index in [1.165, 1.54) is 6.07 Å². The third-order valence-electron chi connectivity index (χ3n) is 6.41. The molecule has 5 heteroatoms. The maximum absolute atomic E-state index is 11.1. The highest BCUT2D eigenvalue weighted by Gasteiger charge is 2.35. The average Bonchev–Trinajstić information content (AvgIpc) is 3.07. The van der Waals surface area contributed by atoms with E-state index in [4.69, 9.17) is 0 Å². The van der Waals surface area contributed by atoms with Gasteiger partial charge in [-0.3, -0.25) is 0 Å². The van der Waals surface area contributed by atoms with Crippen LogP contribution in [0.4, 0.5) is 0 Å². The van der Waals surface area contributed by atoms with Crippen molar-refractivity contribution in [3.05, 3.63) is 58.1 Å². The number of piperidine rings is 1. The highest BCUT2D eigenvalue weighted by molar-refractivity contribution is 5.53. The van der Waals surface area contributed by atoms with Crippen molar-refractivity contribution in [3.8, 4) is 11.5 Å². The zero-order valence-electron chi connectivity index (χ0n) is 16.9. The van der Waals surface area contributed by atoms with Crippen molar-refractivity contribution in [2.24, 2.45) is 0 Å². The molecule has 0 aromatic heterocycles. The average molecular weight is 383 g/mol. The largest absolute Gasteiger partial charge is 0.508 e. The van der Waals surface area contributed by atoms with Crippen LogP contribution in [0.1, 0.15) is 66.5 Å². The number of phenolic OH excluding ortho intramolecular Hbond substituents is 2.